The molecule has 100 valence electrons. The van der Waals surface area contributed by atoms with Crippen LogP contribution in [0.15, 0.2) is 0 Å². The van der Waals surface area contributed by atoms with Crippen molar-refractivity contribution in [1.82, 2.24) is 9.80 Å². The standard InChI is InChI=1S/C13H25ClN2O/c1-2-15-8-9-17-13(10-15)11-16(7-6-14)12-4-3-5-12/h12-13H,2-11H2,1H3. The van der Waals surface area contributed by atoms with Crippen LogP contribution in [-0.2, 0) is 4.74 Å². The minimum atomic E-state index is 0.382. The zero-order valence-electron chi connectivity index (χ0n) is 10.9. The molecule has 0 aromatic rings. The zero-order valence-corrected chi connectivity index (χ0v) is 11.7. The van der Waals surface area contributed by atoms with Gasteiger partial charge in [0.2, 0.25) is 0 Å². The fourth-order valence-electron chi connectivity index (χ4n) is 2.72. The maximum Gasteiger partial charge on any atom is 0.0829 e. The van der Waals surface area contributed by atoms with E-state index < -0.39 is 0 Å². The molecule has 1 aliphatic carbocycles. The van der Waals surface area contributed by atoms with Crippen molar-refractivity contribution in [3.05, 3.63) is 0 Å². The Bertz CT molecular complexity index is 223. The molecule has 0 bridgehead atoms. The van der Waals surface area contributed by atoms with Crippen LogP contribution in [0.25, 0.3) is 0 Å². The molecule has 1 saturated carbocycles. The highest BCUT2D eigenvalue weighted by atomic mass is 35.5. The lowest BCUT2D eigenvalue weighted by Crippen LogP contribution is -2.51. The Morgan fingerprint density at radius 1 is 1.41 bits per heavy atom. The van der Waals surface area contributed by atoms with E-state index in [1.165, 1.54) is 19.3 Å². The average Bonchev–Trinajstić information content (AvgIpc) is 2.27. The quantitative estimate of drug-likeness (QED) is 0.678. The van der Waals surface area contributed by atoms with Crippen LogP contribution < -0.4 is 0 Å². The van der Waals surface area contributed by atoms with E-state index in [0.29, 0.717) is 6.10 Å². The highest BCUT2D eigenvalue weighted by Crippen LogP contribution is 2.25. The van der Waals surface area contributed by atoms with Crippen LogP contribution in [0, 0.1) is 0 Å². The molecule has 0 aromatic carbocycles. The molecule has 2 aliphatic rings. The molecule has 0 radical (unpaired) electrons. The molecular weight excluding hydrogens is 236 g/mol. The van der Waals surface area contributed by atoms with Crippen molar-refractivity contribution < 1.29 is 4.74 Å². The van der Waals surface area contributed by atoms with E-state index in [-0.39, 0.29) is 0 Å². The molecule has 0 aromatic heterocycles. The van der Waals surface area contributed by atoms with Crippen molar-refractivity contribution in [3.8, 4) is 0 Å². The van der Waals surface area contributed by atoms with Gasteiger partial charge in [-0.05, 0) is 19.4 Å². The van der Waals surface area contributed by atoms with Crippen molar-refractivity contribution in [3.63, 3.8) is 0 Å². The molecular formula is C13H25ClN2O. The number of hydrogen-bond donors (Lipinski definition) is 0. The number of hydrogen-bond acceptors (Lipinski definition) is 3. The Balaban J connectivity index is 1.79. The summed E-state index contributed by atoms with van der Waals surface area (Å²) >= 11 is 5.90. The predicted octanol–water partition coefficient (Wildman–Crippen LogP) is 1.80. The smallest absolute Gasteiger partial charge is 0.0829 e. The van der Waals surface area contributed by atoms with Gasteiger partial charge < -0.3 is 4.74 Å². The first-order valence-electron chi connectivity index (χ1n) is 6.97. The maximum atomic E-state index is 5.90. The van der Waals surface area contributed by atoms with E-state index in [0.717, 1.165) is 51.3 Å². The van der Waals surface area contributed by atoms with Gasteiger partial charge >= 0.3 is 0 Å². The summed E-state index contributed by atoms with van der Waals surface area (Å²) in [4.78, 5) is 5.02. The third-order valence-electron chi connectivity index (χ3n) is 4.07. The van der Waals surface area contributed by atoms with Crippen LogP contribution in [0.5, 0.6) is 0 Å². The van der Waals surface area contributed by atoms with Crippen LogP contribution >= 0.6 is 11.6 Å². The van der Waals surface area contributed by atoms with E-state index in [2.05, 4.69) is 16.7 Å². The first kappa shape index (κ1) is 13.6. The Morgan fingerprint density at radius 2 is 2.24 bits per heavy atom. The van der Waals surface area contributed by atoms with Crippen LogP contribution in [-0.4, -0.2) is 67.2 Å². The van der Waals surface area contributed by atoms with Gasteiger partial charge in [0.05, 0.1) is 12.7 Å². The number of likely N-dealkylation sites (N-methyl/N-ethyl adjacent to an activating group) is 1. The van der Waals surface area contributed by atoms with Crippen LogP contribution in [0.1, 0.15) is 26.2 Å². The molecule has 3 nitrogen and oxygen atoms in total. The van der Waals surface area contributed by atoms with Gasteiger partial charge in [0.15, 0.2) is 0 Å². The molecule has 0 amide bonds. The van der Waals surface area contributed by atoms with Gasteiger partial charge in [-0.15, -0.1) is 11.6 Å². The highest BCUT2D eigenvalue weighted by Gasteiger charge is 2.28. The third-order valence-corrected chi connectivity index (χ3v) is 4.24. The van der Waals surface area contributed by atoms with E-state index in [9.17, 15) is 0 Å². The summed E-state index contributed by atoms with van der Waals surface area (Å²) in [5, 5.41) is 0. The third kappa shape index (κ3) is 3.82. The first-order chi connectivity index (χ1) is 8.33. The van der Waals surface area contributed by atoms with E-state index in [4.69, 9.17) is 16.3 Å². The van der Waals surface area contributed by atoms with Crippen LogP contribution in [0.3, 0.4) is 0 Å². The summed E-state index contributed by atoms with van der Waals surface area (Å²) in [6, 6.07) is 0.773. The van der Waals surface area contributed by atoms with Gasteiger partial charge in [0.25, 0.3) is 0 Å². The topological polar surface area (TPSA) is 15.7 Å². The largest absolute Gasteiger partial charge is 0.374 e. The zero-order chi connectivity index (χ0) is 12.1. The van der Waals surface area contributed by atoms with Gasteiger partial charge in [-0.1, -0.05) is 13.3 Å². The van der Waals surface area contributed by atoms with E-state index in [1.54, 1.807) is 0 Å². The molecule has 1 saturated heterocycles. The minimum absolute atomic E-state index is 0.382. The summed E-state index contributed by atoms with van der Waals surface area (Å²) in [5.41, 5.74) is 0. The summed E-state index contributed by atoms with van der Waals surface area (Å²) in [6.45, 7) is 8.50. The molecule has 0 N–H and O–H groups in total. The SMILES string of the molecule is CCN1CCOC(CN(CCCl)C2CCC2)C1. The lowest BCUT2D eigenvalue weighted by molar-refractivity contribution is -0.0511. The lowest BCUT2D eigenvalue weighted by atomic mass is 9.91. The Kier molecular flexibility index (Phi) is 5.54. The van der Waals surface area contributed by atoms with Crippen molar-refractivity contribution in [1.29, 1.82) is 0 Å². The molecule has 2 rings (SSSR count). The van der Waals surface area contributed by atoms with Crippen molar-refractivity contribution >= 4 is 11.6 Å². The predicted molar refractivity (Wildman–Crippen MR) is 71.8 cm³/mol. The Hall–Kier alpha value is 0.170. The summed E-state index contributed by atoms with van der Waals surface area (Å²) in [5.74, 6) is 0.737. The molecule has 1 unspecified atom stereocenters. The number of morpholine rings is 1. The van der Waals surface area contributed by atoms with Crippen molar-refractivity contribution in [2.45, 2.75) is 38.3 Å². The van der Waals surface area contributed by atoms with Gasteiger partial charge in [-0.25, -0.2) is 0 Å². The molecule has 17 heavy (non-hydrogen) atoms. The lowest BCUT2D eigenvalue weighted by Gasteiger charge is -2.41. The Labute approximate surface area is 110 Å². The first-order valence-corrected chi connectivity index (χ1v) is 7.51. The minimum Gasteiger partial charge on any atom is -0.374 e. The summed E-state index contributed by atoms with van der Waals surface area (Å²) in [6.07, 6.45) is 4.46. The molecule has 1 aliphatic heterocycles. The second-order valence-electron chi connectivity index (χ2n) is 5.15. The second-order valence-corrected chi connectivity index (χ2v) is 5.53. The fraction of sp³-hybridized carbons (Fsp3) is 1.00. The maximum absolute atomic E-state index is 5.90. The molecule has 1 heterocycles. The number of halogens is 1. The molecule has 0 spiro atoms. The molecule has 4 heteroatoms. The number of alkyl halides is 1. The van der Waals surface area contributed by atoms with Gasteiger partial charge in [0.1, 0.15) is 0 Å². The van der Waals surface area contributed by atoms with Gasteiger partial charge in [0, 0.05) is 38.1 Å². The Morgan fingerprint density at radius 3 is 2.82 bits per heavy atom. The highest BCUT2D eigenvalue weighted by molar-refractivity contribution is 6.18. The number of nitrogens with zero attached hydrogens (tertiary/aromatic N) is 2. The summed E-state index contributed by atoms with van der Waals surface area (Å²) in [7, 11) is 0. The monoisotopic (exact) mass is 260 g/mol. The molecule has 1 atom stereocenters. The van der Waals surface area contributed by atoms with Crippen LogP contribution in [0.2, 0.25) is 0 Å². The van der Waals surface area contributed by atoms with Crippen molar-refractivity contribution in [2.24, 2.45) is 0 Å². The van der Waals surface area contributed by atoms with Gasteiger partial charge in [-0.2, -0.15) is 0 Å². The second kappa shape index (κ2) is 6.93. The number of ether oxygens (including phenoxy) is 1. The van der Waals surface area contributed by atoms with E-state index >= 15 is 0 Å². The normalized spacial score (nSPS) is 27.4. The summed E-state index contributed by atoms with van der Waals surface area (Å²) < 4.78 is 5.88. The van der Waals surface area contributed by atoms with Crippen molar-refractivity contribution in [2.75, 3.05) is 45.2 Å². The van der Waals surface area contributed by atoms with Crippen LogP contribution in [0.4, 0.5) is 0 Å². The fourth-order valence-corrected chi connectivity index (χ4v) is 2.94. The van der Waals surface area contributed by atoms with E-state index in [1.807, 2.05) is 0 Å². The average molecular weight is 261 g/mol. The number of rotatable bonds is 6. The molecule has 2 fully saturated rings. The van der Waals surface area contributed by atoms with Gasteiger partial charge in [-0.3, -0.25) is 9.80 Å².